The van der Waals surface area contributed by atoms with E-state index in [0.29, 0.717) is 12.2 Å². The Kier molecular flexibility index (Phi) is 2.10. The SMILES string of the molecule is CCCn1c2c(c3ccccc31)C(=O)CC2. The second kappa shape index (κ2) is 3.48. The number of carbonyl (C=O) groups is 1. The fourth-order valence-electron chi connectivity index (χ4n) is 2.76. The van der Waals surface area contributed by atoms with Gasteiger partial charge in [0.15, 0.2) is 5.78 Å². The molecular weight excluding hydrogens is 198 g/mol. The van der Waals surface area contributed by atoms with Crippen LogP contribution in [0.4, 0.5) is 0 Å². The molecule has 3 rings (SSSR count). The first-order valence-electron chi connectivity index (χ1n) is 5.96. The van der Waals surface area contributed by atoms with Crippen LogP contribution in [0.1, 0.15) is 35.8 Å². The molecule has 2 heteroatoms. The van der Waals surface area contributed by atoms with Crippen molar-refractivity contribution in [3.8, 4) is 0 Å². The molecule has 2 aromatic rings. The lowest BCUT2D eigenvalue weighted by Crippen LogP contribution is -2.00. The average Bonchev–Trinajstić information content (AvgIpc) is 2.81. The highest BCUT2D eigenvalue weighted by atomic mass is 16.1. The Morgan fingerprint density at radius 3 is 2.88 bits per heavy atom. The second-order valence-corrected chi connectivity index (χ2v) is 4.41. The number of rotatable bonds is 2. The molecule has 0 atom stereocenters. The smallest absolute Gasteiger partial charge is 0.165 e. The van der Waals surface area contributed by atoms with Crippen LogP contribution in [-0.4, -0.2) is 10.4 Å². The first-order chi connectivity index (χ1) is 7.83. The molecule has 0 radical (unpaired) electrons. The van der Waals surface area contributed by atoms with Crippen molar-refractivity contribution in [2.24, 2.45) is 0 Å². The van der Waals surface area contributed by atoms with Gasteiger partial charge in [0.25, 0.3) is 0 Å². The predicted molar refractivity (Wildman–Crippen MR) is 64.9 cm³/mol. The van der Waals surface area contributed by atoms with Crippen molar-refractivity contribution in [1.82, 2.24) is 4.57 Å². The number of hydrogen-bond donors (Lipinski definition) is 0. The van der Waals surface area contributed by atoms with Crippen molar-refractivity contribution < 1.29 is 4.79 Å². The number of fused-ring (bicyclic) bond motifs is 3. The topological polar surface area (TPSA) is 22.0 Å². The first-order valence-corrected chi connectivity index (χ1v) is 5.96. The van der Waals surface area contributed by atoms with E-state index in [2.05, 4.69) is 23.6 Å². The van der Waals surface area contributed by atoms with Gasteiger partial charge in [0.2, 0.25) is 0 Å². The van der Waals surface area contributed by atoms with Crippen molar-refractivity contribution in [2.45, 2.75) is 32.7 Å². The summed E-state index contributed by atoms with van der Waals surface area (Å²) in [5.41, 5.74) is 3.47. The molecule has 1 aromatic heterocycles. The molecule has 0 amide bonds. The number of ketones is 1. The normalized spacial score (nSPS) is 14.7. The molecule has 0 unspecified atom stereocenters. The number of nitrogens with zero attached hydrogens (tertiary/aromatic N) is 1. The molecule has 0 fully saturated rings. The summed E-state index contributed by atoms with van der Waals surface area (Å²) in [6.45, 7) is 3.20. The van der Waals surface area contributed by atoms with Crippen LogP contribution in [-0.2, 0) is 13.0 Å². The minimum absolute atomic E-state index is 0.320. The van der Waals surface area contributed by atoms with Gasteiger partial charge < -0.3 is 4.57 Å². The van der Waals surface area contributed by atoms with Crippen molar-refractivity contribution in [3.63, 3.8) is 0 Å². The molecule has 1 aliphatic carbocycles. The Balaban J connectivity index is 2.36. The summed E-state index contributed by atoms with van der Waals surface area (Å²) < 4.78 is 2.33. The highest BCUT2D eigenvalue weighted by Gasteiger charge is 2.27. The van der Waals surface area contributed by atoms with Crippen LogP contribution >= 0.6 is 0 Å². The van der Waals surface area contributed by atoms with E-state index in [4.69, 9.17) is 0 Å². The van der Waals surface area contributed by atoms with Crippen molar-refractivity contribution in [1.29, 1.82) is 0 Å². The average molecular weight is 213 g/mol. The zero-order chi connectivity index (χ0) is 11.1. The molecule has 0 spiro atoms. The van der Waals surface area contributed by atoms with Gasteiger partial charge in [-0.05, 0) is 18.9 Å². The molecular formula is C14H15NO. The molecule has 2 nitrogen and oxygen atoms in total. The maximum Gasteiger partial charge on any atom is 0.165 e. The fourth-order valence-corrected chi connectivity index (χ4v) is 2.76. The molecule has 1 aromatic carbocycles. The van der Waals surface area contributed by atoms with Crippen LogP contribution in [0.3, 0.4) is 0 Å². The molecule has 1 heterocycles. The lowest BCUT2D eigenvalue weighted by atomic mass is 10.1. The Bertz CT molecular complexity index is 565. The molecule has 0 aliphatic heterocycles. The Morgan fingerprint density at radius 1 is 1.25 bits per heavy atom. The van der Waals surface area contributed by atoms with E-state index in [0.717, 1.165) is 30.3 Å². The van der Waals surface area contributed by atoms with E-state index in [1.54, 1.807) is 0 Å². The van der Waals surface area contributed by atoms with E-state index in [9.17, 15) is 4.79 Å². The van der Waals surface area contributed by atoms with E-state index >= 15 is 0 Å². The highest BCUT2D eigenvalue weighted by Crippen LogP contribution is 2.32. The lowest BCUT2D eigenvalue weighted by Gasteiger charge is -2.06. The van der Waals surface area contributed by atoms with Gasteiger partial charge in [0.1, 0.15) is 0 Å². The van der Waals surface area contributed by atoms with Crippen LogP contribution < -0.4 is 0 Å². The Hall–Kier alpha value is -1.57. The number of aryl methyl sites for hydroxylation is 1. The maximum absolute atomic E-state index is 11.9. The first kappa shape index (κ1) is 9.64. The molecule has 1 aliphatic rings. The van der Waals surface area contributed by atoms with E-state index in [1.807, 2.05) is 12.1 Å². The summed E-state index contributed by atoms with van der Waals surface area (Å²) >= 11 is 0. The third-order valence-electron chi connectivity index (χ3n) is 3.39. The zero-order valence-corrected chi connectivity index (χ0v) is 9.49. The van der Waals surface area contributed by atoms with Gasteiger partial charge in [0.05, 0.1) is 0 Å². The number of aromatic nitrogens is 1. The number of Topliss-reactive ketones (excluding diaryl/α,β-unsaturated/α-hetero) is 1. The van der Waals surface area contributed by atoms with Crippen molar-refractivity contribution in [3.05, 3.63) is 35.5 Å². The van der Waals surface area contributed by atoms with Crippen LogP contribution in [0.15, 0.2) is 24.3 Å². The summed E-state index contributed by atoms with van der Waals surface area (Å²) in [5, 5.41) is 1.15. The van der Waals surface area contributed by atoms with Gasteiger partial charge in [-0.15, -0.1) is 0 Å². The molecule has 16 heavy (non-hydrogen) atoms. The van der Waals surface area contributed by atoms with E-state index in [-0.39, 0.29) is 0 Å². The zero-order valence-electron chi connectivity index (χ0n) is 9.49. The van der Waals surface area contributed by atoms with E-state index in [1.165, 1.54) is 11.2 Å². The summed E-state index contributed by atoms with van der Waals surface area (Å²) in [6, 6.07) is 8.26. The summed E-state index contributed by atoms with van der Waals surface area (Å²) in [6.07, 6.45) is 2.72. The summed E-state index contributed by atoms with van der Waals surface area (Å²) in [4.78, 5) is 11.9. The third kappa shape index (κ3) is 1.16. The fraction of sp³-hybridized carbons (Fsp3) is 0.357. The Morgan fingerprint density at radius 2 is 2.06 bits per heavy atom. The van der Waals surface area contributed by atoms with Crippen LogP contribution in [0.2, 0.25) is 0 Å². The minimum atomic E-state index is 0.320. The van der Waals surface area contributed by atoms with Crippen molar-refractivity contribution in [2.75, 3.05) is 0 Å². The number of para-hydroxylation sites is 1. The second-order valence-electron chi connectivity index (χ2n) is 4.41. The predicted octanol–water partition coefficient (Wildman–Crippen LogP) is 3.18. The van der Waals surface area contributed by atoms with Gasteiger partial charge in [0, 0.05) is 35.1 Å². The molecule has 82 valence electrons. The highest BCUT2D eigenvalue weighted by molar-refractivity contribution is 6.11. The molecule has 0 saturated heterocycles. The maximum atomic E-state index is 11.9. The van der Waals surface area contributed by atoms with Gasteiger partial charge in [-0.3, -0.25) is 4.79 Å². The van der Waals surface area contributed by atoms with Crippen LogP contribution in [0, 0.1) is 0 Å². The Labute approximate surface area is 94.9 Å². The minimum Gasteiger partial charge on any atom is -0.344 e. The van der Waals surface area contributed by atoms with Gasteiger partial charge >= 0.3 is 0 Å². The molecule has 0 N–H and O–H groups in total. The summed E-state index contributed by atoms with van der Waals surface area (Å²) in [7, 11) is 0. The van der Waals surface area contributed by atoms with Crippen molar-refractivity contribution >= 4 is 16.7 Å². The van der Waals surface area contributed by atoms with Gasteiger partial charge in [-0.2, -0.15) is 0 Å². The number of carbonyl (C=O) groups excluding carboxylic acids is 1. The lowest BCUT2D eigenvalue weighted by molar-refractivity contribution is 0.0996. The molecule has 0 bridgehead atoms. The van der Waals surface area contributed by atoms with Crippen LogP contribution in [0.25, 0.3) is 10.9 Å². The standard InChI is InChI=1S/C14H15NO/c1-2-9-15-11-6-4-3-5-10(11)14-12(15)7-8-13(14)16/h3-6H,2,7-9H2,1H3. The quantitative estimate of drug-likeness (QED) is 0.751. The van der Waals surface area contributed by atoms with Gasteiger partial charge in [-0.25, -0.2) is 0 Å². The van der Waals surface area contributed by atoms with Crippen LogP contribution in [0.5, 0.6) is 0 Å². The van der Waals surface area contributed by atoms with Gasteiger partial charge in [-0.1, -0.05) is 25.1 Å². The monoisotopic (exact) mass is 213 g/mol. The third-order valence-corrected chi connectivity index (χ3v) is 3.39. The van der Waals surface area contributed by atoms with E-state index < -0.39 is 0 Å². The number of hydrogen-bond acceptors (Lipinski definition) is 1. The molecule has 0 saturated carbocycles. The number of benzene rings is 1. The summed E-state index contributed by atoms with van der Waals surface area (Å²) in [5.74, 6) is 0.320. The largest absolute Gasteiger partial charge is 0.344 e.